The molecule has 0 unspecified atom stereocenters. The molecule has 0 spiro atoms. The van der Waals surface area contributed by atoms with Gasteiger partial charge in [0.2, 0.25) is 0 Å². The molecule has 1 saturated carbocycles. The maximum atomic E-state index is 10.6. The average Bonchev–Trinajstić information content (AvgIpc) is 2.84. The van der Waals surface area contributed by atoms with Gasteiger partial charge in [0.25, 0.3) is 0 Å². The number of carbonyl (C=O) groups is 1. The van der Waals surface area contributed by atoms with Crippen molar-refractivity contribution in [3.05, 3.63) is 0 Å². The Bertz CT molecular complexity index is 195. The van der Waals surface area contributed by atoms with E-state index < -0.39 is 12.1 Å². The van der Waals surface area contributed by atoms with Gasteiger partial charge in [-0.3, -0.25) is 0 Å². The molecular formula is C7H12F3NO3. The molecule has 0 amide bonds. The smallest absolute Gasteiger partial charge is 0.475 e. The lowest BCUT2D eigenvalue weighted by Gasteiger charge is -2.06. The first-order valence-electron chi connectivity index (χ1n) is 3.83. The summed E-state index contributed by atoms with van der Waals surface area (Å²) in [5.41, 5.74) is 5.47. The van der Waals surface area contributed by atoms with Crippen molar-refractivity contribution >= 4 is 5.97 Å². The summed E-state index contributed by atoms with van der Waals surface area (Å²) >= 11 is 0. The van der Waals surface area contributed by atoms with Crippen molar-refractivity contribution in [2.24, 2.45) is 5.73 Å². The number of carboxylic acids is 1. The van der Waals surface area contributed by atoms with E-state index in [1.165, 1.54) is 0 Å². The molecule has 0 bridgehead atoms. The van der Waals surface area contributed by atoms with Gasteiger partial charge in [0.15, 0.2) is 0 Å². The molecule has 1 aliphatic carbocycles. The van der Waals surface area contributed by atoms with Gasteiger partial charge in [-0.2, -0.15) is 13.2 Å². The molecule has 0 aliphatic heterocycles. The highest BCUT2D eigenvalue weighted by molar-refractivity contribution is 5.73. The second-order valence-electron chi connectivity index (χ2n) is 2.89. The predicted octanol–water partition coefficient (Wildman–Crippen LogP) is 0.757. The standard InChI is InChI=1S/C5H11NO.C2HF3O2/c1-7-5(4-6)2-3-5;3-2(4,5)1(6)7/h2-4,6H2,1H3;(H,6,7). The summed E-state index contributed by atoms with van der Waals surface area (Å²) in [4.78, 5) is 8.90. The third-order valence-corrected chi connectivity index (χ3v) is 1.86. The minimum Gasteiger partial charge on any atom is -0.475 e. The third kappa shape index (κ3) is 4.43. The third-order valence-electron chi connectivity index (χ3n) is 1.86. The van der Waals surface area contributed by atoms with Crippen LogP contribution in [0, 0.1) is 0 Å². The number of nitrogens with two attached hydrogens (primary N) is 1. The van der Waals surface area contributed by atoms with Crippen molar-refractivity contribution in [3.63, 3.8) is 0 Å². The maximum absolute atomic E-state index is 10.6. The van der Waals surface area contributed by atoms with Gasteiger partial charge in [-0.1, -0.05) is 0 Å². The first-order valence-corrected chi connectivity index (χ1v) is 3.83. The fourth-order valence-electron chi connectivity index (χ4n) is 0.631. The minimum absolute atomic E-state index is 0.111. The first-order chi connectivity index (χ1) is 6.27. The van der Waals surface area contributed by atoms with Crippen molar-refractivity contribution < 1.29 is 27.8 Å². The van der Waals surface area contributed by atoms with Gasteiger partial charge in [-0.05, 0) is 12.8 Å². The van der Waals surface area contributed by atoms with Crippen LogP contribution in [0.3, 0.4) is 0 Å². The fourth-order valence-corrected chi connectivity index (χ4v) is 0.631. The summed E-state index contributed by atoms with van der Waals surface area (Å²) in [6, 6.07) is 0. The topological polar surface area (TPSA) is 72.5 Å². The monoisotopic (exact) mass is 215 g/mol. The van der Waals surface area contributed by atoms with Crippen LogP contribution in [0.15, 0.2) is 0 Å². The molecule has 1 aliphatic rings. The van der Waals surface area contributed by atoms with Gasteiger partial charge in [-0.25, -0.2) is 4.79 Å². The van der Waals surface area contributed by atoms with Crippen molar-refractivity contribution in [3.8, 4) is 0 Å². The number of methoxy groups -OCH3 is 1. The Morgan fingerprint density at radius 3 is 1.93 bits per heavy atom. The van der Waals surface area contributed by atoms with Crippen LogP contribution in [-0.2, 0) is 9.53 Å². The number of rotatable bonds is 2. The SMILES string of the molecule is COC1(CN)CC1.O=C(O)C(F)(F)F. The van der Waals surface area contributed by atoms with Gasteiger partial charge in [-0.15, -0.1) is 0 Å². The van der Waals surface area contributed by atoms with Crippen molar-refractivity contribution in [1.82, 2.24) is 0 Å². The molecule has 0 aromatic rings. The Labute approximate surface area is 78.8 Å². The molecule has 7 heteroatoms. The van der Waals surface area contributed by atoms with E-state index in [9.17, 15) is 13.2 Å². The zero-order valence-corrected chi connectivity index (χ0v) is 7.60. The highest BCUT2D eigenvalue weighted by Gasteiger charge is 2.41. The lowest BCUT2D eigenvalue weighted by atomic mass is 10.3. The second-order valence-corrected chi connectivity index (χ2v) is 2.89. The van der Waals surface area contributed by atoms with Gasteiger partial charge in [0.1, 0.15) is 0 Å². The highest BCUT2D eigenvalue weighted by atomic mass is 19.4. The van der Waals surface area contributed by atoms with Crippen molar-refractivity contribution in [2.45, 2.75) is 24.6 Å². The van der Waals surface area contributed by atoms with E-state index in [1.54, 1.807) is 7.11 Å². The van der Waals surface area contributed by atoms with Crippen LogP contribution in [0.25, 0.3) is 0 Å². The van der Waals surface area contributed by atoms with E-state index >= 15 is 0 Å². The van der Waals surface area contributed by atoms with Crippen LogP contribution in [-0.4, -0.2) is 36.5 Å². The summed E-state index contributed by atoms with van der Waals surface area (Å²) in [6.07, 6.45) is -2.78. The molecule has 14 heavy (non-hydrogen) atoms. The van der Waals surface area contributed by atoms with Crippen LogP contribution >= 0.6 is 0 Å². The summed E-state index contributed by atoms with van der Waals surface area (Å²) < 4.78 is 36.8. The molecule has 0 heterocycles. The van der Waals surface area contributed by atoms with Crippen LogP contribution in [0.2, 0.25) is 0 Å². The van der Waals surface area contributed by atoms with Gasteiger partial charge < -0.3 is 15.6 Å². The van der Waals surface area contributed by atoms with Crippen LogP contribution in [0.4, 0.5) is 13.2 Å². The molecule has 0 atom stereocenters. The predicted molar refractivity (Wildman–Crippen MR) is 41.7 cm³/mol. The summed E-state index contributed by atoms with van der Waals surface area (Å²) in [5, 5.41) is 7.12. The zero-order chi connectivity index (χ0) is 11.4. The lowest BCUT2D eigenvalue weighted by Crippen LogP contribution is -2.23. The van der Waals surface area contributed by atoms with E-state index in [4.69, 9.17) is 20.4 Å². The molecule has 0 aromatic heterocycles. The second kappa shape index (κ2) is 4.61. The number of hydrogen-bond donors (Lipinski definition) is 2. The molecule has 3 N–H and O–H groups in total. The number of halogens is 3. The molecular weight excluding hydrogens is 203 g/mol. The number of hydrogen-bond acceptors (Lipinski definition) is 3. The fraction of sp³-hybridized carbons (Fsp3) is 0.857. The van der Waals surface area contributed by atoms with Crippen molar-refractivity contribution in [1.29, 1.82) is 0 Å². The number of aliphatic carboxylic acids is 1. The molecule has 84 valence electrons. The summed E-state index contributed by atoms with van der Waals surface area (Å²) in [6.45, 7) is 0.684. The number of ether oxygens (including phenoxy) is 1. The lowest BCUT2D eigenvalue weighted by molar-refractivity contribution is -0.192. The van der Waals surface area contributed by atoms with Crippen molar-refractivity contribution in [2.75, 3.05) is 13.7 Å². The Hall–Kier alpha value is -0.820. The molecule has 0 saturated heterocycles. The van der Waals surface area contributed by atoms with E-state index in [2.05, 4.69) is 0 Å². The van der Waals surface area contributed by atoms with E-state index in [0.717, 1.165) is 12.8 Å². The molecule has 1 rings (SSSR count). The van der Waals surface area contributed by atoms with Gasteiger partial charge >= 0.3 is 12.1 Å². The Balaban J connectivity index is 0.000000241. The Morgan fingerprint density at radius 2 is 1.93 bits per heavy atom. The van der Waals surface area contributed by atoms with Gasteiger partial charge in [0.05, 0.1) is 5.60 Å². The zero-order valence-electron chi connectivity index (χ0n) is 7.60. The largest absolute Gasteiger partial charge is 0.490 e. The number of alkyl halides is 3. The van der Waals surface area contributed by atoms with Crippen LogP contribution in [0.1, 0.15) is 12.8 Å². The first kappa shape index (κ1) is 13.2. The van der Waals surface area contributed by atoms with Gasteiger partial charge in [0, 0.05) is 13.7 Å². The summed E-state index contributed by atoms with van der Waals surface area (Å²) in [5.74, 6) is -2.76. The van der Waals surface area contributed by atoms with E-state index in [0.29, 0.717) is 6.54 Å². The minimum atomic E-state index is -5.08. The normalized spacial score (nSPS) is 18.1. The van der Waals surface area contributed by atoms with Crippen LogP contribution < -0.4 is 5.73 Å². The molecule has 1 fully saturated rings. The molecule has 4 nitrogen and oxygen atoms in total. The Morgan fingerprint density at radius 1 is 1.57 bits per heavy atom. The molecule has 0 radical (unpaired) electrons. The highest BCUT2D eigenvalue weighted by Crippen LogP contribution is 2.37. The molecule has 0 aromatic carbocycles. The number of carboxylic acid groups (broad SMARTS) is 1. The summed E-state index contributed by atoms with van der Waals surface area (Å²) in [7, 11) is 1.72. The van der Waals surface area contributed by atoms with Crippen LogP contribution in [0.5, 0.6) is 0 Å². The van der Waals surface area contributed by atoms with E-state index in [1.807, 2.05) is 0 Å². The quantitative estimate of drug-likeness (QED) is 0.713. The average molecular weight is 215 g/mol. The van der Waals surface area contributed by atoms with E-state index in [-0.39, 0.29) is 5.60 Å². The maximum Gasteiger partial charge on any atom is 0.490 e. The Kier molecular flexibility index (Phi) is 4.34.